The molecule has 1 heterocycles. The molecule has 1 aromatic heterocycles. The first kappa shape index (κ1) is 23.4. The number of halogens is 3. The fourth-order valence-electron chi connectivity index (χ4n) is 2.65. The molecule has 0 unspecified atom stereocenters. The van der Waals surface area contributed by atoms with Gasteiger partial charge in [-0.05, 0) is 42.5 Å². The second-order valence-electron chi connectivity index (χ2n) is 6.50. The Balaban J connectivity index is 1.61. The summed E-state index contributed by atoms with van der Waals surface area (Å²) < 4.78 is 27.9. The van der Waals surface area contributed by atoms with E-state index in [0.717, 1.165) is 17.8 Å². The van der Waals surface area contributed by atoms with Crippen LogP contribution in [0, 0.1) is 11.6 Å². The van der Waals surface area contributed by atoms with Gasteiger partial charge in [0.15, 0.2) is 5.16 Å². The largest absolute Gasteiger partial charge is 0.326 e. The molecule has 2 amide bonds. The number of allylic oxidation sites excluding steroid dienone is 1. The lowest BCUT2D eigenvalue weighted by Crippen LogP contribution is -2.18. The van der Waals surface area contributed by atoms with Crippen LogP contribution in [0.4, 0.5) is 20.2 Å². The Bertz CT molecular complexity index is 1140. The van der Waals surface area contributed by atoms with Gasteiger partial charge in [0.05, 0.1) is 17.2 Å². The van der Waals surface area contributed by atoms with E-state index < -0.39 is 11.6 Å². The number of anilines is 2. The van der Waals surface area contributed by atoms with Crippen LogP contribution >= 0.6 is 23.4 Å². The predicted octanol–water partition coefficient (Wildman–Crippen LogP) is 4.31. The summed E-state index contributed by atoms with van der Waals surface area (Å²) in [6.07, 6.45) is 1.55. The highest BCUT2D eigenvalue weighted by atomic mass is 35.5. The Morgan fingerprint density at radius 2 is 1.75 bits per heavy atom. The van der Waals surface area contributed by atoms with Crippen molar-refractivity contribution < 1.29 is 18.4 Å². The van der Waals surface area contributed by atoms with Crippen LogP contribution in [0.2, 0.25) is 5.02 Å². The number of nitrogens with one attached hydrogen (secondary N) is 2. The van der Waals surface area contributed by atoms with Crippen LogP contribution in [0.5, 0.6) is 0 Å². The van der Waals surface area contributed by atoms with Gasteiger partial charge < -0.3 is 15.2 Å². The molecule has 0 spiro atoms. The first-order valence-corrected chi connectivity index (χ1v) is 10.7. The van der Waals surface area contributed by atoms with E-state index >= 15 is 0 Å². The van der Waals surface area contributed by atoms with Crippen molar-refractivity contribution in [1.29, 1.82) is 0 Å². The van der Waals surface area contributed by atoms with Crippen LogP contribution in [0.3, 0.4) is 0 Å². The Kier molecular flexibility index (Phi) is 7.96. The second kappa shape index (κ2) is 10.9. The maximum absolute atomic E-state index is 13.2. The molecule has 0 saturated heterocycles. The molecule has 0 radical (unpaired) electrons. The molecule has 7 nitrogen and oxygen atoms in total. The van der Waals surface area contributed by atoms with Gasteiger partial charge in [-0.3, -0.25) is 9.59 Å². The minimum absolute atomic E-state index is 0.00600. The molecule has 0 aliphatic heterocycles. The zero-order valence-electron chi connectivity index (χ0n) is 16.6. The van der Waals surface area contributed by atoms with E-state index in [0.29, 0.717) is 28.9 Å². The number of aromatic nitrogens is 3. The Labute approximate surface area is 191 Å². The highest BCUT2D eigenvalue weighted by Gasteiger charge is 2.16. The number of carbonyl (C=O) groups is 2. The molecule has 0 atom stereocenters. The average Bonchev–Trinajstić information content (AvgIpc) is 3.12. The maximum Gasteiger partial charge on any atom is 0.234 e. The number of amides is 2. The number of hydrogen-bond donors (Lipinski definition) is 2. The molecule has 166 valence electrons. The van der Waals surface area contributed by atoms with E-state index in [1.165, 1.54) is 36.4 Å². The molecule has 3 aromatic rings. The summed E-state index contributed by atoms with van der Waals surface area (Å²) in [6, 6.07) is 9.28. The average molecular weight is 478 g/mol. The summed E-state index contributed by atoms with van der Waals surface area (Å²) in [4.78, 5) is 24.6. The topological polar surface area (TPSA) is 88.9 Å². The van der Waals surface area contributed by atoms with E-state index in [1.54, 1.807) is 10.6 Å². The quantitative estimate of drug-likeness (QED) is 0.354. The van der Waals surface area contributed by atoms with Gasteiger partial charge in [0.2, 0.25) is 11.8 Å². The van der Waals surface area contributed by atoms with Gasteiger partial charge in [0.1, 0.15) is 17.5 Å². The zero-order chi connectivity index (χ0) is 23.1. The first-order chi connectivity index (χ1) is 15.4. The Morgan fingerprint density at radius 1 is 1.06 bits per heavy atom. The molecular weight excluding hydrogens is 460 g/mol. The zero-order valence-corrected chi connectivity index (χ0v) is 18.2. The molecular formula is C21H18ClF2N5O2S. The maximum atomic E-state index is 13.2. The van der Waals surface area contributed by atoms with Gasteiger partial charge in [0.25, 0.3) is 0 Å². The number of benzene rings is 2. The fourth-order valence-corrected chi connectivity index (χ4v) is 3.60. The van der Waals surface area contributed by atoms with Gasteiger partial charge in [0, 0.05) is 17.9 Å². The van der Waals surface area contributed by atoms with Crippen molar-refractivity contribution in [2.75, 3.05) is 16.4 Å². The summed E-state index contributed by atoms with van der Waals surface area (Å²) in [5.74, 6) is -1.28. The van der Waals surface area contributed by atoms with Crippen LogP contribution in [0.1, 0.15) is 5.82 Å². The summed E-state index contributed by atoms with van der Waals surface area (Å²) >= 11 is 6.84. The van der Waals surface area contributed by atoms with Crippen molar-refractivity contribution in [2.45, 2.75) is 18.1 Å². The lowest BCUT2D eigenvalue weighted by Gasteiger charge is -2.09. The molecule has 32 heavy (non-hydrogen) atoms. The molecule has 0 bridgehead atoms. The number of nitrogens with zero attached hydrogens (tertiary/aromatic N) is 3. The van der Waals surface area contributed by atoms with Crippen molar-refractivity contribution in [2.24, 2.45) is 0 Å². The van der Waals surface area contributed by atoms with Gasteiger partial charge >= 0.3 is 0 Å². The minimum atomic E-state index is -0.576. The molecule has 11 heteroatoms. The molecule has 2 N–H and O–H groups in total. The van der Waals surface area contributed by atoms with Gasteiger partial charge in [-0.2, -0.15) is 0 Å². The highest BCUT2D eigenvalue weighted by Crippen LogP contribution is 2.21. The Morgan fingerprint density at radius 3 is 2.44 bits per heavy atom. The number of rotatable bonds is 9. The molecule has 0 aliphatic carbocycles. The predicted molar refractivity (Wildman–Crippen MR) is 120 cm³/mol. The van der Waals surface area contributed by atoms with Gasteiger partial charge in [-0.25, -0.2) is 8.78 Å². The summed E-state index contributed by atoms with van der Waals surface area (Å²) in [6.45, 7) is 4.03. The molecule has 0 saturated carbocycles. The number of carbonyl (C=O) groups excluding carboxylic acids is 2. The highest BCUT2D eigenvalue weighted by molar-refractivity contribution is 7.99. The number of hydrogen-bond acceptors (Lipinski definition) is 5. The smallest absolute Gasteiger partial charge is 0.234 e. The third kappa shape index (κ3) is 6.38. The first-order valence-electron chi connectivity index (χ1n) is 9.32. The van der Waals surface area contributed by atoms with E-state index in [1.807, 2.05) is 0 Å². The van der Waals surface area contributed by atoms with Crippen molar-refractivity contribution in [3.8, 4) is 0 Å². The van der Waals surface area contributed by atoms with Crippen LogP contribution in [0.25, 0.3) is 0 Å². The SMILES string of the molecule is C=CCn1c(CC(=O)Nc2ccc(F)cc2)nnc1SCC(=O)Nc1ccc(F)c(Cl)c1. The summed E-state index contributed by atoms with van der Waals surface area (Å²) in [5, 5.41) is 13.7. The van der Waals surface area contributed by atoms with E-state index in [-0.39, 0.29) is 29.0 Å². The van der Waals surface area contributed by atoms with Gasteiger partial charge in [-0.15, -0.1) is 16.8 Å². The van der Waals surface area contributed by atoms with Crippen LogP contribution < -0.4 is 10.6 Å². The van der Waals surface area contributed by atoms with Gasteiger partial charge in [-0.1, -0.05) is 29.4 Å². The van der Waals surface area contributed by atoms with Crippen molar-refractivity contribution in [3.63, 3.8) is 0 Å². The normalized spacial score (nSPS) is 10.6. The van der Waals surface area contributed by atoms with Crippen molar-refractivity contribution in [1.82, 2.24) is 14.8 Å². The van der Waals surface area contributed by atoms with Crippen molar-refractivity contribution in [3.05, 3.63) is 77.6 Å². The standard InChI is InChI=1S/C21H18ClF2N5O2S/c1-2-9-29-18(11-19(30)25-14-5-3-13(23)4-6-14)27-28-21(29)32-12-20(31)26-15-7-8-17(24)16(22)10-15/h2-8,10H,1,9,11-12H2,(H,25,30)(H,26,31). The third-order valence-corrected chi connectivity index (χ3v) is 5.34. The minimum Gasteiger partial charge on any atom is -0.326 e. The lowest BCUT2D eigenvalue weighted by atomic mass is 10.3. The fraction of sp³-hybridized carbons (Fsp3) is 0.143. The second-order valence-corrected chi connectivity index (χ2v) is 7.85. The summed E-state index contributed by atoms with van der Waals surface area (Å²) in [5.41, 5.74) is 0.825. The van der Waals surface area contributed by atoms with Crippen LogP contribution in [-0.4, -0.2) is 32.3 Å². The summed E-state index contributed by atoms with van der Waals surface area (Å²) in [7, 11) is 0. The lowest BCUT2D eigenvalue weighted by molar-refractivity contribution is -0.116. The van der Waals surface area contributed by atoms with E-state index in [2.05, 4.69) is 27.4 Å². The number of thioether (sulfide) groups is 1. The molecule has 3 rings (SSSR count). The van der Waals surface area contributed by atoms with Crippen LogP contribution in [0.15, 0.2) is 60.3 Å². The monoisotopic (exact) mass is 477 g/mol. The Hall–Kier alpha value is -3.24. The molecule has 2 aromatic carbocycles. The van der Waals surface area contributed by atoms with Crippen LogP contribution in [-0.2, 0) is 22.6 Å². The van der Waals surface area contributed by atoms with Crippen molar-refractivity contribution >= 4 is 46.6 Å². The van der Waals surface area contributed by atoms with E-state index in [4.69, 9.17) is 11.6 Å². The molecule has 0 fully saturated rings. The molecule has 0 aliphatic rings. The van der Waals surface area contributed by atoms with E-state index in [9.17, 15) is 18.4 Å². The third-order valence-electron chi connectivity index (χ3n) is 4.09.